The Morgan fingerprint density at radius 1 is 1.19 bits per heavy atom. The molecule has 21 heavy (non-hydrogen) atoms. The highest BCUT2D eigenvalue weighted by molar-refractivity contribution is 5.95. The maximum absolute atomic E-state index is 11.8. The fourth-order valence-electron chi connectivity index (χ4n) is 1.65. The Morgan fingerprint density at radius 3 is 2.67 bits per heavy atom. The number of nitrogens with one attached hydrogen (secondary N) is 1. The van der Waals surface area contributed by atoms with Crippen LogP contribution in [0, 0.1) is 12.3 Å². The van der Waals surface area contributed by atoms with Crippen molar-refractivity contribution in [3.63, 3.8) is 0 Å². The van der Waals surface area contributed by atoms with Gasteiger partial charge in [0.05, 0.1) is 6.21 Å². The smallest absolute Gasteiger partial charge is 0.271 e. The van der Waals surface area contributed by atoms with E-state index in [1.54, 1.807) is 30.3 Å². The molecule has 0 heterocycles. The van der Waals surface area contributed by atoms with Crippen LogP contribution < -0.4 is 10.2 Å². The highest BCUT2D eigenvalue weighted by Crippen LogP contribution is 2.15. The summed E-state index contributed by atoms with van der Waals surface area (Å²) in [6, 6.07) is 16.2. The second-order valence-corrected chi connectivity index (χ2v) is 4.10. The number of ether oxygens (including phenoxy) is 1. The third-order valence-corrected chi connectivity index (χ3v) is 2.64. The summed E-state index contributed by atoms with van der Waals surface area (Å²) >= 11 is 0. The number of carbonyl (C=O) groups is 1. The van der Waals surface area contributed by atoms with Crippen LogP contribution in [0.5, 0.6) is 5.75 Å². The Morgan fingerprint density at radius 2 is 1.90 bits per heavy atom. The molecular weight excluding hydrogens is 264 g/mol. The van der Waals surface area contributed by atoms with Crippen LogP contribution in [0.25, 0.3) is 0 Å². The zero-order chi connectivity index (χ0) is 14.9. The predicted octanol–water partition coefficient (Wildman–Crippen LogP) is 2.46. The summed E-state index contributed by atoms with van der Waals surface area (Å²) in [7, 11) is 0. The van der Waals surface area contributed by atoms with E-state index in [4.69, 9.17) is 11.2 Å². The molecule has 2 rings (SSSR count). The van der Waals surface area contributed by atoms with Gasteiger partial charge >= 0.3 is 0 Å². The average molecular weight is 278 g/mol. The second-order valence-electron chi connectivity index (χ2n) is 4.10. The molecule has 0 spiro atoms. The number of rotatable bonds is 5. The van der Waals surface area contributed by atoms with Crippen molar-refractivity contribution < 1.29 is 9.53 Å². The first-order valence-corrected chi connectivity index (χ1v) is 6.35. The topological polar surface area (TPSA) is 50.7 Å². The van der Waals surface area contributed by atoms with Crippen molar-refractivity contribution in [1.29, 1.82) is 0 Å². The number of carbonyl (C=O) groups excluding carboxylic acids is 1. The molecule has 1 N–H and O–H groups in total. The Kier molecular flexibility index (Phi) is 5.13. The molecule has 4 heteroatoms. The van der Waals surface area contributed by atoms with E-state index < -0.39 is 0 Å². The van der Waals surface area contributed by atoms with Crippen molar-refractivity contribution in [2.75, 3.05) is 6.61 Å². The van der Waals surface area contributed by atoms with Crippen LogP contribution in [0.4, 0.5) is 0 Å². The molecule has 0 saturated heterocycles. The van der Waals surface area contributed by atoms with Crippen LogP contribution in [0.3, 0.4) is 0 Å². The van der Waals surface area contributed by atoms with Gasteiger partial charge in [-0.3, -0.25) is 4.79 Å². The Balaban J connectivity index is 2.02. The van der Waals surface area contributed by atoms with Gasteiger partial charge in [0.15, 0.2) is 0 Å². The minimum atomic E-state index is -0.270. The minimum Gasteiger partial charge on any atom is -0.480 e. The summed E-state index contributed by atoms with van der Waals surface area (Å²) in [6.45, 7) is 0.182. The van der Waals surface area contributed by atoms with Gasteiger partial charge in [0, 0.05) is 11.1 Å². The molecule has 0 bridgehead atoms. The van der Waals surface area contributed by atoms with E-state index in [0.717, 1.165) is 5.56 Å². The zero-order valence-electron chi connectivity index (χ0n) is 11.3. The molecule has 0 unspecified atom stereocenters. The highest BCUT2D eigenvalue weighted by Gasteiger charge is 2.03. The van der Waals surface area contributed by atoms with E-state index in [1.807, 2.05) is 24.3 Å². The summed E-state index contributed by atoms with van der Waals surface area (Å²) in [5, 5.41) is 3.93. The maximum atomic E-state index is 11.8. The molecule has 0 radical (unpaired) electrons. The normalized spacial score (nSPS) is 10.0. The molecule has 0 aliphatic carbocycles. The Bertz CT molecular complexity index is 673. The molecule has 2 aromatic carbocycles. The lowest BCUT2D eigenvalue weighted by Gasteiger charge is -2.05. The van der Waals surface area contributed by atoms with E-state index in [-0.39, 0.29) is 12.5 Å². The molecule has 2 aromatic rings. The standard InChI is InChI=1S/C17H14N2O2/c1-2-12-21-16-11-7-6-10-15(16)13-18-19-17(20)14-8-4-3-5-9-14/h1,3-11,13H,12H2,(H,19,20)/b18-13-. The van der Waals surface area contributed by atoms with Crippen molar-refractivity contribution in [2.45, 2.75) is 0 Å². The molecule has 4 nitrogen and oxygen atoms in total. The van der Waals surface area contributed by atoms with Crippen LogP contribution in [-0.4, -0.2) is 18.7 Å². The number of terminal acetylenes is 1. The second kappa shape index (κ2) is 7.51. The maximum Gasteiger partial charge on any atom is 0.271 e. The summed E-state index contributed by atoms with van der Waals surface area (Å²) in [6.07, 6.45) is 6.69. The first-order chi connectivity index (χ1) is 10.3. The first-order valence-electron chi connectivity index (χ1n) is 6.35. The fraction of sp³-hybridized carbons (Fsp3) is 0.0588. The number of hydrogen-bond acceptors (Lipinski definition) is 3. The van der Waals surface area contributed by atoms with Crippen LogP contribution in [0.15, 0.2) is 59.7 Å². The molecule has 0 saturated carbocycles. The van der Waals surface area contributed by atoms with E-state index in [1.165, 1.54) is 6.21 Å². The third-order valence-electron chi connectivity index (χ3n) is 2.64. The lowest BCUT2D eigenvalue weighted by molar-refractivity contribution is 0.0955. The SMILES string of the molecule is C#CCOc1ccccc1/C=N\NC(=O)c1ccccc1. The quantitative estimate of drug-likeness (QED) is 0.519. The number of benzene rings is 2. The summed E-state index contributed by atoms with van der Waals surface area (Å²) in [5.41, 5.74) is 3.75. The van der Waals surface area contributed by atoms with Gasteiger partial charge in [-0.1, -0.05) is 36.3 Å². The van der Waals surface area contributed by atoms with Gasteiger partial charge in [0.1, 0.15) is 12.4 Å². The van der Waals surface area contributed by atoms with Gasteiger partial charge in [-0.25, -0.2) is 5.43 Å². The fourth-order valence-corrected chi connectivity index (χ4v) is 1.65. The highest BCUT2D eigenvalue weighted by atomic mass is 16.5. The van der Waals surface area contributed by atoms with Gasteiger partial charge in [0.25, 0.3) is 5.91 Å². The van der Waals surface area contributed by atoms with Crippen LogP contribution in [-0.2, 0) is 0 Å². The molecule has 0 aliphatic heterocycles. The first kappa shape index (κ1) is 14.4. The average Bonchev–Trinajstić information content (AvgIpc) is 2.54. The number of para-hydroxylation sites is 1. The minimum absolute atomic E-state index is 0.182. The number of nitrogens with zero attached hydrogens (tertiary/aromatic N) is 1. The number of hydrazone groups is 1. The Hall–Kier alpha value is -3.06. The summed E-state index contributed by atoms with van der Waals surface area (Å²) in [5.74, 6) is 2.75. The van der Waals surface area contributed by atoms with Gasteiger partial charge in [-0.15, -0.1) is 6.42 Å². The predicted molar refractivity (Wildman–Crippen MR) is 82.3 cm³/mol. The molecule has 0 atom stereocenters. The van der Waals surface area contributed by atoms with Gasteiger partial charge in [0.2, 0.25) is 0 Å². The van der Waals surface area contributed by atoms with E-state index in [2.05, 4.69) is 16.4 Å². The van der Waals surface area contributed by atoms with Crippen molar-refractivity contribution in [3.05, 3.63) is 65.7 Å². The molecule has 0 aromatic heterocycles. The van der Waals surface area contributed by atoms with Crippen LogP contribution >= 0.6 is 0 Å². The lowest BCUT2D eigenvalue weighted by atomic mass is 10.2. The monoisotopic (exact) mass is 278 g/mol. The van der Waals surface area contributed by atoms with Gasteiger partial charge in [-0.2, -0.15) is 5.10 Å². The van der Waals surface area contributed by atoms with Crippen molar-refractivity contribution >= 4 is 12.1 Å². The van der Waals surface area contributed by atoms with Crippen molar-refractivity contribution in [1.82, 2.24) is 5.43 Å². The van der Waals surface area contributed by atoms with Crippen molar-refractivity contribution in [3.8, 4) is 18.1 Å². The number of hydrogen-bond donors (Lipinski definition) is 1. The lowest BCUT2D eigenvalue weighted by Crippen LogP contribution is -2.17. The zero-order valence-corrected chi connectivity index (χ0v) is 11.3. The molecule has 0 fully saturated rings. The summed E-state index contributed by atoms with van der Waals surface area (Å²) < 4.78 is 5.39. The van der Waals surface area contributed by atoms with Crippen LogP contribution in [0.2, 0.25) is 0 Å². The summed E-state index contributed by atoms with van der Waals surface area (Å²) in [4.78, 5) is 11.8. The molecule has 0 aliphatic rings. The third kappa shape index (κ3) is 4.22. The van der Waals surface area contributed by atoms with E-state index >= 15 is 0 Å². The van der Waals surface area contributed by atoms with Crippen LogP contribution in [0.1, 0.15) is 15.9 Å². The molecule has 1 amide bonds. The molecular formula is C17H14N2O2. The van der Waals surface area contributed by atoms with E-state index in [9.17, 15) is 4.79 Å². The van der Waals surface area contributed by atoms with Gasteiger partial charge < -0.3 is 4.74 Å². The van der Waals surface area contributed by atoms with Gasteiger partial charge in [-0.05, 0) is 24.3 Å². The van der Waals surface area contributed by atoms with Crippen molar-refractivity contribution in [2.24, 2.45) is 5.10 Å². The Labute approximate surface area is 123 Å². The number of amides is 1. The largest absolute Gasteiger partial charge is 0.480 e. The molecule has 104 valence electrons. The van der Waals surface area contributed by atoms with E-state index in [0.29, 0.717) is 11.3 Å².